The third-order valence-electron chi connectivity index (χ3n) is 6.57. The second kappa shape index (κ2) is 8.62. The van der Waals surface area contributed by atoms with Crippen LogP contribution in [0.2, 0.25) is 0 Å². The van der Waals surface area contributed by atoms with E-state index in [1.165, 1.54) is 5.56 Å². The number of rotatable bonds is 6. The van der Waals surface area contributed by atoms with Crippen molar-refractivity contribution in [2.45, 2.75) is 37.9 Å². The monoisotopic (exact) mass is 403 g/mol. The first-order chi connectivity index (χ1) is 14.8. The molecule has 2 fully saturated rings. The lowest BCUT2D eigenvalue weighted by Crippen LogP contribution is -2.63. The molecule has 2 saturated heterocycles. The van der Waals surface area contributed by atoms with Gasteiger partial charge in [0.15, 0.2) is 0 Å². The van der Waals surface area contributed by atoms with E-state index in [1.807, 2.05) is 23.2 Å². The summed E-state index contributed by atoms with van der Waals surface area (Å²) in [6.45, 7) is 4.27. The van der Waals surface area contributed by atoms with Crippen LogP contribution >= 0.6 is 0 Å². The summed E-state index contributed by atoms with van der Waals surface area (Å²) >= 11 is 0. The predicted molar refractivity (Wildman–Crippen MR) is 118 cm³/mol. The van der Waals surface area contributed by atoms with Crippen LogP contribution in [0, 0.1) is 0 Å². The molecule has 2 aliphatic rings. The van der Waals surface area contributed by atoms with Gasteiger partial charge >= 0.3 is 0 Å². The van der Waals surface area contributed by atoms with Crippen LogP contribution in [-0.2, 0) is 22.5 Å². The number of fused-ring (bicyclic) bond motifs is 1. The van der Waals surface area contributed by atoms with Crippen molar-refractivity contribution in [1.82, 2.24) is 14.8 Å². The van der Waals surface area contributed by atoms with Gasteiger partial charge in [0, 0.05) is 62.0 Å². The summed E-state index contributed by atoms with van der Waals surface area (Å²) < 4.78 is 5.59. The molecule has 0 aliphatic carbocycles. The number of carbonyl (C=O) groups excluding carboxylic acids is 1. The highest BCUT2D eigenvalue weighted by molar-refractivity contribution is 5.89. The van der Waals surface area contributed by atoms with E-state index in [4.69, 9.17) is 4.74 Å². The molecule has 0 unspecified atom stereocenters. The fourth-order valence-electron chi connectivity index (χ4n) is 4.79. The Bertz CT molecular complexity index is 988. The zero-order valence-electron chi connectivity index (χ0n) is 17.3. The predicted octanol–water partition coefficient (Wildman–Crippen LogP) is 3.60. The van der Waals surface area contributed by atoms with Gasteiger partial charge in [-0.3, -0.25) is 9.69 Å². The summed E-state index contributed by atoms with van der Waals surface area (Å²) in [6.07, 6.45) is 4.59. The van der Waals surface area contributed by atoms with Crippen LogP contribution in [0.25, 0.3) is 10.9 Å². The SMILES string of the molecule is O=C(Cc1c[nH]c2ccccc12)N1CC(N(Cc2ccccc2)C2CCOCC2)C1. The molecule has 1 aromatic heterocycles. The Balaban J connectivity index is 1.23. The van der Waals surface area contributed by atoms with E-state index >= 15 is 0 Å². The molecule has 30 heavy (non-hydrogen) atoms. The molecule has 0 atom stereocenters. The molecule has 1 N–H and O–H groups in total. The molecule has 5 nitrogen and oxygen atoms in total. The van der Waals surface area contributed by atoms with Crippen LogP contribution in [0.5, 0.6) is 0 Å². The molecule has 0 bridgehead atoms. The Labute approximate surface area is 177 Å². The largest absolute Gasteiger partial charge is 0.381 e. The molecule has 5 rings (SSSR count). The van der Waals surface area contributed by atoms with E-state index in [-0.39, 0.29) is 5.91 Å². The Hall–Kier alpha value is -2.63. The van der Waals surface area contributed by atoms with E-state index in [0.717, 1.165) is 62.2 Å². The number of H-pyrrole nitrogens is 1. The molecule has 156 valence electrons. The quantitative estimate of drug-likeness (QED) is 0.684. The van der Waals surface area contributed by atoms with Crippen LogP contribution in [0.4, 0.5) is 0 Å². The van der Waals surface area contributed by atoms with E-state index in [2.05, 4.69) is 52.3 Å². The van der Waals surface area contributed by atoms with Crippen molar-refractivity contribution in [3.05, 3.63) is 71.9 Å². The highest BCUT2D eigenvalue weighted by Gasteiger charge is 2.38. The van der Waals surface area contributed by atoms with E-state index in [0.29, 0.717) is 18.5 Å². The molecular weight excluding hydrogens is 374 g/mol. The number of carbonyl (C=O) groups is 1. The number of benzene rings is 2. The van der Waals surface area contributed by atoms with E-state index in [9.17, 15) is 4.79 Å². The highest BCUT2D eigenvalue weighted by atomic mass is 16.5. The maximum absolute atomic E-state index is 12.9. The minimum atomic E-state index is 0.225. The van der Waals surface area contributed by atoms with Gasteiger partial charge in [0.1, 0.15) is 0 Å². The number of aromatic amines is 1. The average molecular weight is 404 g/mol. The van der Waals surface area contributed by atoms with Gasteiger partial charge in [-0.15, -0.1) is 0 Å². The number of amides is 1. The fourth-order valence-corrected chi connectivity index (χ4v) is 4.79. The molecule has 3 aromatic rings. The highest BCUT2D eigenvalue weighted by Crippen LogP contribution is 2.26. The summed E-state index contributed by atoms with van der Waals surface area (Å²) in [5, 5.41) is 1.15. The van der Waals surface area contributed by atoms with Gasteiger partial charge in [-0.1, -0.05) is 48.5 Å². The summed E-state index contributed by atoms with van der Waals surface area (Å²) in [5.74, 6) is 0.225. The molecule has 0 saturated carbocycles. The van der Waals surface area contributed by atoms with Crippen LogP contribution in [0.15, 0.2) is 60.8 Å². The molecule has 0 radical (unpaired) electrons. The summed E-state index contributed by atoms with van der Waals surface area (Å²) in [7, 11) is 0. The van der Waals surface area contributed by atoms with Crippen molar-refractivity contribution in [2.24, 2.45) is 0 Å². The Morgan fingerprint density at radius 2 is 1.73 bits per heavy atom. The number of nitrogens with one attached hydrogen (secondary N) is 1. The first-order valence-corrected chi connectivity index (χ1v) is 11.0. The molecule has 0 spiro atoms. The normalized spacial score (nSPS) is 18.1. The molecule has 1 amide bonds. The van der Waals surface area contributed by atoms with Crippen LogP contribution < -0.4 is 0 Å². The summed E-state index contributed by atoms with van der Waals surface area (Å²) in [4.78, 5) is 20.8. The number of likely N-dealkylation sites (tertiary alicyclic amines) is 1. The van der Waals surface area contributed by atoms with Crippen LogP contribution in [0.3, 0.4) is 0 Å². The molecule has 2 aliphatic heterocycles. The van der Waals surface area contributed by atoms with E-state index < -0.39 is 0 Å². The van der Waals surface area contributed by atoms with Crippen molar-refractivity contribution in [2.75, 3.05) is 26.3 Å². The minimum Gasteiger partial charge on any atom is -0.381 e. The topological polar surface area (TPSA) is 48.6 Å². The van der Waals surface area contributed by atoms with Crippen molar-refractivity contribution < 1.29 is 9.53 Å². The fraction of sp³-hybridized carbons (Fsp3) is 0.400. The lowest BCUT2D eigenvalue weighted by atomic mass is 9.98. The van der Waals surface area contributed by atoms with Gasteiger partial charge in [0.05, 0.1) is 6.42 Å². The lowest BCUT2D eigenvalue weighted by Gasteiger charge is -2.49. The Morgan fingerprint density at radius 1 is 1.00 bits per heavy atom. The second-order valence-electron chi connectivity index (χ2n) is 8.49. The number of hydrogen-bond donors (Lipinski definition) is 1. The van der Waals surface area contributed by atoms with Gasteiger partial charge in [-0.25, -0.2) is 0 Å². The van der Waals surface area contributed by atoms with Gasteiger partial charge in [0.25, 0.3) is 0 Å². The number of hydrogen-bond acceptors (Lipinski definition) is 3. The van der Waals surface area contributed by atoms with Crippen molar-refractivity contribution in [3.63, 3.8) is 0 Å². The van der Waals surface area contributed by atoms with Gasteiger partial charge in [-0.05, 0) is 30.0 Å². The number of para-hydroxylation sites is 1. The van der Waals surface area contributed by atoms with Crippen molar-refractivity contribution in [1.29, 1.82) is 0 Å². The van der Waals surface area contributed by atoms with E-state index in [1.54, 1.807) is 0 Å². The van der Waals surface area contributed by atoms with Crippen LogP contribution in [-0.4, -0.2) is 59.1 Å². The van der Waals surface area contributed by atoms with Crippen molar-refractivity contribution in [3.8, 4) is 0 Å². The summed E-state index contributed by atoms with van der Waals surface area (Å²) in [5.41, 5.74) is 3.52. The number of ether oxygens (including phenoxy) is 1. The number of aromatic nitrogens is 1. The third-order valence-corrected chi connectivity index (χ3v) is 6.57. The lowest BCUT2D eigenvalue weighted by molar-refractivity contribution is -0.139. The zero-order chi connectivity index (χ0) is 20.3. The first-order valence-electron chi connectivity index (χ1n) is 11.0. The maximum atomic E-state index is 12.9. The van der Waals surface area contributed by atoms with Crippen LogP contribution in [0.1, 0.15) is 24.0 Å². The van der Waals surface area contributed by atoms with Gasteiger partial charge in [0.2, 0.25) is 5.91 Å². The Kier molecular flexibility index (Phi) is 5.56. The molecule has 3 heterocycles. The third kappa shape index (κ3) is 4.00. The molecule has 5 heteroatoms. The average Bonchev–Trinajstić information content (AvgIpc) is 3.16. The zero-order valence-corrected chi connectivity index (χ0v) is 17.3. The van der Waals surface area contributed by atoms with Gasteiger partial charge in [-0.2, -0.15) is 0 Å². The smallest absolute Gasteiger partial charge is 0.227 e. The van der Waals surface area contributed by atoms with Crippen molar-refractivity contribution >= 4 is 16.8 Å². The summed E-state index contributed by atoms with van der Waals surface area (Å²) in [6, 6.07) is 19.8. The minimum absolute atomic E-state index is 0.225. The standard InChI is InChI=1S/C25H29N3O2/c29-25(14-20-15-26-24-9-5-4-8-23(20)24)27-17-22(18-27)28(21-10-12-30-13-11-21)16-19-6-2-1-3-7-19/h1-9,15,21-22,26H,10-14,16-18H2. The Morgan fingerprint density at radius 3 is 2.53 bits per heavy atom. The number of nitrogens with zero attached hydrogens (tertiary/aromatic N) is 2. The second-order valence-corrected chi connectivity index (χ2v) is 8.49. The maximum Gasteiger partial charge on any atom is 0.227 e. The van der Waals surface area contributed by atoms with Gasteiger partial charge < -0.3 is 14.6 Å². The first kappa shape index (κ1) is 19.3. The molecular formula is C25H29N3O2. The molecule has 2 aromatic carbocycles.